The molecule has 0 atom stereocenters. The number of hydrogen-bond acceptors (Lipinski definition) is 2. The molecular formula is C14H19NO. The van der Waals surface area contributed by atoms with E-state index in [1.54, 1.807) is 7.11 Å². The van der Waals surface area contributed by atoms with Gasteiger partial charge < -0.3 is 4.74 Å². The normalized spacial score (nSPS) is 16.3. The summed E-state index contributed by atoms with van der Waals surface area (Å²) < 4.78 is 5.14. The Balaban J connectivity index is 1.97. The maximum Gasteiger partial charge on any atom is 0.118 e. The van der Waals surface area contributed by atoms with E-state index in [4.69, 9.17) is 4.74 Å². The summed E-state index contributed by atoms with van der Waals surface area (Å²) in [6, 6.07) is 8.14. The Hall–Kier alpha value is -1.28. The van der Waals surface area contributed by atoms with Crippen molar-refractivity contribution in [3.8, 4) is 5.75 Å². The van der Waals surface area contributed by atoms with Crippen molar-refractivity contribution in [2.24, 2.45) is 0 Å². The van der Waals surface area contributed by atoms with Crippen molar-refractivity contribution in [1.29, 1.82) is 0 Å². The van der Waals surface area contributed by atoms with Crippen LogP contribution in [0.4, 0.5) is 0 Å². The fourth-order valence-corrected chi connectivity index (χ4v) is 2.13. The number of methoxy groups -OCH3 is 1. The fraction of sp³-hybridized carbons (Fsp3) is 0.429. The molecule has 0 bridgehead atoms. The molecule has 1 saturated heterocycles. The molecule has 1 heterocycles. The average Bonchev–Trinajstić information content (AvgIpc) is 2.82. The highest BCUT2D eigenvalue weighted by molar-refractivity contribution is 5.65. The second-order valence-electron chi connectivity index (χ2n) is 4.32. The number of rotatable bonds is 4. The zero-order chi connectivity index (χ0) is 11.4. The summed E-state index contributed by atoms with van der Waals surface area (Å²) >= 11 is 0. The quantitative estimate of drug-likeness (QED) is 0.769. The summed E-state index contributed by atoms with van der Waals surface area (Å²) in [4.78, 5) is 2.46. The van der Waals surface area contributed by atoms with E-state index in [1.165, 1.54) is 37.1 Å². The first kappa shape index (κ1) is 11.2. The van der Waals surface area contributed by atoms with Gasteiger partial charge >= 0.3 is 0 Å². The zero-order valence-corrected chi connectivity index (χ0v) is 9.91. The van der Waals surface area contributed by atoms with Gasteiger partial charge in [0.2, 0.25) is 0 Å². The lowest BCUT2D eigenvalue weighted by Crippen LogP contribution is -2.21. The van der Waals surface area contributed by atoms with Gasteiger partial charge in [-0.3, -0.25) is 4.90 Å². The van der Waals surface area contributed by atoms with Gasteiger partial charge in [0.25, 0.3) is 0 Å². The summed E-state index contributed by atoms with van der Waals surface area (Å²) in [7, 11) is 1.69. The largest absolute Gasteiger partial charge is 0.497 e. The number of nitrogens with zero attached hydrogens (tertiary/aromatic N) is 1. The van der Waals surface area contributed by atoms with Crippen LogP contribution in [0.5, 0.6) is 5.75 Å². The van der Waals surface area contributed by atoms with E-state index in [2.05, 4.69) is 23.6 Å². The number of hydrogen-bond donors (Lipinski definition) is 0. The molecule has 0 aliphatic carbocycles. The highest BCUT2D eigenvalue weighted by atomic mass is 16.5. The Labute approximate surface area is 97.5 Å². The van der Waals surface area contributed by atoms with Crippen molar-refractivity contribution in [3.05, 3.63) is 36.4 Å². The van der Waals surface area contributed by atoms with Crippen LogP contribution in [0.3, 0.4) is 0 Å². The van der Waals surface area contributed by atoms with Crippen LogP contribution in [0, 0.1) is 0 Å². The van der Waals surface area contributed by atoms with E-state index in [0.717, 1.165) is 12.3 Å². The van der Waals surface area contributed by atoms with Crippen molar-refractivity contribution >= 4 is 5.57 Å². The lowest BCUT2D eigenvalue weighted by molar-refractivity contribution is 0.383. The summed E-state index contributed by atoms with van der Waals surface area (Å²) in [5.74, 6) is 0.901. The number of benzene rings is 1. The third kappa shape index (κ3) is 2.64. The zero-order valence-electron chi connectivity index (χ0n) is 9.91. The van der Waals surface area contributed by atoms with Gasteiger partial charge in [-0.25, -0.2) is 0 Å². The molecular weight excluding hydrogens is 198 g/mol. The van der Waals surface area contributed by atoms with Crippen molar-refractivity contribution < 1.29 is 4.74 Å². The van der Waals surface area contributed by atoms with E-state index in [0.29, 0.717) is 0 Å². The van der Waals surface area contributed by atoms with E-state index in [9.17, 15) is 0 Å². The molecule has 0 amide bonds. The van der Waals surface area contributed by atoms with Crippen LogP contribution in [0.1, 0.15) is 18.4 Å². The van der Waals surface area contributed by atoms with Crippen molar-refractivity contribution in [3.63, 3.8) is 0 Å². The van der Waals surface area contributed by atoms with Crippen molar-refractivity contribution in [2.45, 2.75) is 12.8 Å². The first-order chi connectivity index (χ1) is 7.79. The Bertz CT molecular complexity index is 350. The first-order valence-corrected chi connectivity index (χ1v) is 5.84. The lowest BCUT2D eigenvalue weighted by atomic mass is 10.1. The molecule has 1 aromatic carbocycles. The molecule has 0 N–H and O–H groups in total. The first-order valence-electron chi connectivity index (χ1n) is 5.84. The highest BCUT2D eigenvalue weighted by Gasteiger charge is 2.12. The van der Waals surface area contributed by atoms with Gasteiger partial charge in [0.05, 0.1) is 7.11 Å². The molecule has 1 aliphatic rings. The molecule has 86 valence electrons. The van der Waals surface area contributed by atoms with Crippen LogP contribution in [0.2, 0.25) is 0 Å². The predicted octanol–water partition coefficient (Wildman–Crippen LogP) is 2.80. The van der Waals surface area contributed by atoms with E-state index < -0.39 is 0 Å². The summed E-state index contributed by atoms with van der Waals surface area (Å²) in [5.41, 5.74) is 2.41. The standard InChI is InChI=1S/C14H19NO/c1-12(11-15-9-3-4-10-15)13-5-7-14(16-2)8-6-13/h5-8H,1,3-4,9-11H2,2H3. The fourth-order valence-electron chi connectivity index (χ4n) is 2.13. The third-order valence-corrected chi connectivity index (χ3v) is 3.11. The van der Waals surface area contributed by atoms with Crippen molar-refractivity contribution in [1.82, 2.24) is 4.90 Å². The van der Waals surface area contributed by atoms with Crippen molar-refractivity contribution in [2.75, 3.05) is 26.7 Å². The maximum atomic E-state index is 5.14. The molecule has 0 spiro atoms. The van der Waals surface area contributed by atoms with Crippen LogP contribution in [-0.4, -0.2) is 31.6 Å². The van der Waals surface area contributed by atoms with Gasteiger partial charge in [0, 0.05) is 6.54 Å². The Morgan fingerprint density at radius 2 is 1.88 bits per heavy atom. The maximum absolute atomic E-state index is 5.14. The van der Waals surface area contributed by atoms with Gasteiger partial charge in [-0.2, -0.15) is 0 Å². The molecule has 2 rings (SSSR count). The smallest absolute Gasteiger partial charge is 0.118 e. The predicted molar refractivity (Wildman–Crippen MR) is 67.7 cm³/mol. The summed E-state index contributed by atoms with van der Waals surface area (Å²) in [6.07, 6.45) is 2.66. The molecule has 0 aromatic heterocycles. The van der Waals surface area contributed by atoms with Gasteiger partial charge in [-0.1, -0.05) is 18.7 Å². The molecule has 2 heteroatoms. The van der Waals surface area contributed by atoms with Gasteiger partial charge in [0.15, 0.2) is 0 Å². The molecule has 1 aromatic rings. The van der Waals surface area contributed by atoms with Crippen LogP contribution < -0.4 is 4.74 Å². The second-order valence-corrected chi connectivity index (χ2v) is 4.32. The van der Waals surface area contributed by atoms with E-state index >= 15 is 0 Å². The van der Waals surface area contributed by atoms with Crippen LogP contribution >= 0.6 is 0 Å². The van der Waals surface area contributed by atoms with Gasteiger partial charge in [0.1, 0.15) is 5.75 Å². The van der Waals surface area contributed by atoms with Crippen LogP contribution in [0.15, 0.2) is 30.8 Å². The summed E-state index contributed by atoms with van der Waals surface area (Å²) in [5, 5.41) is 0. The van der Waals surface area contributed by atoms with Crippen LogP contribution in [0.25, 0.3) is 5.57 Å². The summed E-state index contributed by atoms with van der Waals surface area (Å²) in [6.45, 7) is 7.59. The molecule has 1 fully saturated rings. The molecule has 0 saturated carbocycles. The molecule has 0 unspecified atom stereocenters. The monoisotopic (exact) mass is 217 g/mol. The van der Waals surface area contributed by atoms with Gasteiger partial charge in [-0.05, 0) is 49.2 Å². The topological polar surface area (TPSA) is 12.5 Å². The highest BCUT2D eigenvalue weighted by Crippen LogP contribution is 2.19. The van der Waals surface area contributed by atoms with E-state index in [1.807, 2.05) is 12.1 Å². The minimum absolute atomic E-state index is 0.901. The van der Waals surface area contributed by atoms with E-state index in [-0.39, 0.29) is 0 Å². The lowest BCUT2D eigenvalue weighted by Gasteiger charge is -2.16. The van der Waals surface area contributed by atoms with Gasteiger partial charge in [-0.15, -0.1) is 0 Å². The Morgan fingerprint density at radius 1 is 1.25 bits per heavy atom. The number of likely N-dealkylation sites (tertiary alicyclic amines) is 1. The molecule has 2 nitrogen and oxygen atoms in total. The average molecular weight is 217 g/mol. The Morgan fingerprint density at radius 3 is 2.44 bits per heavy atom. The number of ether oxygens (including phenoxy) is 1. The third-order valence-electron chi connectivity index (χ3n) is 3.11. The minimum Gasteiger partial charge on any atom is -0.497 e. The molecule has 1 aliphatic heterocycles. The molecule has 16 heavy (non-hydrogen) atoms. The minimum atomic E-state index is 0.901. The molecule has 0 radical (unpaired) electrons. The SMILES string of the molecule is C=C(CN1CCCC1)c1ccc(OC)cc1. The second kappa shape index (κ2) is 5.17. The Kier molecular flexibility index (Phi) is 3.62. The van der Waals surface area contributed by atoms with Crippen LogP contribution in [-0.2, 0) is 0 Å².